The third-order valence-corrected chi connectivity index (χ3v) is 3.88. The molecule has 0 aromatic carbocycles. The maximum atomic E-state index is 11.2. The van der Waals surface area contributed by atoms with Crippen molar-refractivity contribution in [3.63, 3.8) is 0 Å². The average molecular weight is 426 g/mol. The van der Waals surface area contributed by atoms with Gasteiger partial charge in [0, 0.05) is 0 Å². The van der Waals surface area contributed by atoms with E-state index in [9.17, 15) is 9.59 Å². The molecule has 6 heteroatoms. The van der Waals surface area contributed by atoms with Crippen molar-refractivity contribution < 1.29 is 19.4 Å². The Morgan fingerprint density at radius 3 is 2.43 bits per heavy atom. The van der Waals surface area contributed by atoms with Crippen LogP contribution in [0.15, 0.2) is 0 Å². The summed E-state index contributed by atoms with van der Waals surface area (Å²) < 4.78 is 3.53. The summed E-state index contributed by atoms with van der Waals surface area (Å²) in [4.78, 5) is 21.8. The van der Waals surface area contributed by atoms with Gasteiger partial charge in [-0.1, -0.05) is 45.2 Å². The minimum absolute atomic E-state index is 0.313. The first-order chi connectivity index (χ1) is 6.31. The van der Waals surface area contributed by atoms with Crippen molar-refractivity contribution in [3.8, 4) is 0 Å². The summed E-state index contributed by atoms with van der Waals surface area (Å²) in [5.41, 5.74) is 0. The summed E-state index contributed by atoms with van der Waals surface area (Å²) in [5, 5.41) is 8.65. The highest BCUT2D eigenvalue weighted by Crippen LogP contribution is 2.28. The van der Waals surface area contributed by atoms with E-state index in [2.05, 4.69) is 4.74 Å². The number of halogens is 2. The van der Waals surface area contributed by atoms with E-state index >= 15 is 0 Å². The molecule has 0 saturated carbocycles. The number of carbonyl (C=O) groups excluding carboxylic acids is 1. The topological polar surface area (TPSA) is 63.6 Å². The summed E-state index contributed by atoms with van der Waals surface area (Å²) in [6, 6.07) is 0. The summed E-state index contributed by atoms with van der Waals surface area (Å²) in [6.07, 6.45) is 0.963. The molecule has 0 spiro atoms. The highest BCUT2D eigenvalue weighted by molar-refractivity contribution is 14.1. The minimum atomic E-state index is -0.845. The lowest BCUT2D eigenvalue weighted by Crippen LogP contribution is -2.30. The molecule has 2 unspecified atom stereocenters. The van der Waals surface area contributed by atoms with E-state index in [1.807, 2.05) is 45.2 Å². The first-order valence-electron chi connectivity index (χ1n) is 3.95. The van der Waals surface area contributed by atoms with Crippen molar-refractivity contribution >= 4 is 57.1 Å². The number of alkyl halides is 2. The molecule has 1 N–H and O–H groups in total. The highest BCUT2D eigenvalue weighted by Gasteiger charge is 2.32. The monoisotopic (exact) mass is 426 g/mol. The Kier molecular flexibility index (Phi) is 6.26. The second-order valence-corrected chi connectivity index (χ2v) is 6.92. The largest absolute Gasteiger partial charge is 0.480 e. The van der Waals surface area contributed by atoms with E-state index in [0.717, 1.165) is 0 Å². The fourth-order valence-corrected chi connectivity index (χ4v) is 1.68. The standard InChI is InChI=1S/C8H12I2O4/c1-8(10,7(13)14-2)4-3-5(9)6(11)12/h5H,3-4H2,1-2H3,(H,11,12). The van der Waals surface area contributed by atoms with E-state index < -0.39 is 13.3 Å². The smallest absolute Gasteiger partial charge is 0.321 e. The van der Waals surface area contributed by atoms with Crippen molar-refractivity contribution in [1.29, 1.82) is 0 Å². The Labute approximate surface area is 110 Å². The van der Waals surface area contributed by atoms with E-state index in [4.69, 9.17) is 5.11 Å². The van der Waals surface area contributed by atoms with E-state index in [1.54, 1.807) is 6.92 Å². The van der Waals surface area contributed by atoms with Gasteiger partial charge in [0.25, 0.3) is 0 Å². The van der Waals surface area contributed by atoms with E-state index in [-0.39, 0.29) is 5.97 Å². The van der Waals surface area contributed by atoms with Gasteiger partial charge in [0.1, 0.15) is 7.35 Å². The number of aliphatic carboxylic acids is 1. The molecular formula is C8H12I2O4. The van der Waals surface area contributed by atoms with Crippen LogP contribution in [0.2, 0.25) is 0 Å². The first-order valence-corrected chi connectivity index (χ1v) is 6.28. The van der Waals surface area contributed by atoms with Gasteiger partial charge < -0.3 is 9.84 Å². The van der Waals surface area contributed by atoms with Gasteiger partial charge in [0.15, 0.2) is 0 Å². The molecule has 0 radical (unpaired) electrons. The van der Waals surface area contributed by atoms with Gasteiger partial charge in [-0.15, -0.1) is 0 Å². The quantitative estimate of drug-likeness (QED) is 0.416. The molecule has 0 bridgehead atoms. The number of carboxylic acid groups (broad SMARTS) is 1. The second kappa shape index (κ2) is 6.09. The summed E-state index contributed by atoms with van der Waals surface area (Å²) in [7, 11) is 1.33. The zero-order valence-electron chi connectivity index (χ0n) is 7.92. The number of carboxylic acids is 1. The highest BCUT2D eigenvalue weighted by atomic mass is 127. The Bertz CT molecular complexity index is 227. The van der Waals surface area contributed by atoms with Crippen molar-refractivity contribution in [1.82, 2.24) is 0 Å². The molecule has 14 heavy (non-hydrogen) atoms. The van der Waals surface area contributed by atoms with Gasteiger partial charge in [-0.25, -0.2) is 0 Å². The van der Waals surface area contributed by atoms with Gasteiger partial charge in [0.05, 0.1) is 7.11 Å². The molecule has 0 aliphatic rings. The zero-order chi connectivity index (χ0) is 11.4. The van der Waals surface area contributed by atoms with Gasteiger partial charge >= 0.3 is 11.9 Å². The van der Waals surface area contributed by atoms with E-state index in [1.165, 1.54) is 7.11 Å². The van der Waals surface area contributed by atoms with Gasteiger partial charge in [0.2, 0.25) is 0 Å². The van der Waals surface area contributed by atoms with Crippen LogP contribution in [-0.4, -0.2) is 31.5 Å². The predicted molar refractivity (Wildman–Crippen MR) is 69.1 cm³/mol. The van der Waals surface area contributed by atoms with Gasteiger partial charge in [-0.05, 0) is 19.8 Å². The minimum Gasteiger partial charge on any atom is -0.480 e. The maximum Gasteiger partial charge on any atom is 0.321 e. The van der Waals surface area contributed by atoms with Gasteiger partial charge in [-0.3, -0.25) is 9.59 Å². The number of esters is 1. The fourth-order valence-electron chi connectivity index (χ4n) is 0.836. The third-order valence-electron chi connectivity index (χ3n) is 1.75. The number of hydrogen-bond donors (Lipinski definition) is 1. The first kappa shape index (κ1) is 14.4. The van der Waals surface area contributed by atoms with Crippen molar-refractivity contribution in [2.45, 2.75) is 27.1 Å². The van der Waals surface area contributed by atoms with E-state index in [0.29, 0.717) is 12.8 Å². The van der Waals surface area contributed by atoms with Crippen molar-refractivity contribution in [2.24, 2.45) is 0 Å². The fraction of sp³-hybridized carbons (Fsp3) is 0.750. The molecule has 0 amide bonds. The molecule has 82 valence electrons. The number of methoxy groups -OCH3 is 1. The molecular weight excluding hydrogens is 414 g/mol. The maximum absolute atomic E-state index is 11.2. The van der Waals surface area contributed by atoms with Crippen LogP contribution in [0.25, 0.3) is 0 Å². The third kappa shape index (κ3) is 4.76. The van der Waals surface area contributed by atoms with Crippen LogP contribution in [0, 0.1) is 0 Å². The normalized spacial score (nSPS) is 16.9. The molecule has 0 aliphatic heterocycles. The lowest BCUT2D eigenvalue weighted by molar-refractivity contribution is -0.143. The van der Waals surface area contributed by atoms with Crippen molar-refractivity contribution in [3.05, 3.63) is 0 Å². The van der Waals surface area contributed by atoms with Crippen LogP contribution >= 0.6 is 45.2 Å². The van der Waals surface area contributed by atoms with Crippen LogP contribution in [-0.2, 0) is 14.3 Å². The zero-order valence-corrected chi connectivity index (χ0v) is 12.2. The molecule has 4 nitrogen and oxygen atoms in total. The molecule has 0 aliphatic carbocycles. The number of carbonyl (C=O) groups is 2. The average Bonchev–Trinajstić information content (AvgIpc) is 2.12. The summed E-state index contributed by atoms with van der Waals surface area (Å²) in [6.45, 7) is 1.74. The van der Waals surface area contributed by atoms with Crippen LogP contribution in [0.5, 0.6) is 0 Å². The molecule has 0 aromatic heterocycles. The summed E-state index contributed by atoms with van der Waals surface area (Å²) >= 11 is 3.84. The summed E-state index contributed by atoms with van der Waals surface area (Å²) in [5.74, 6) is -1.16. The Morgan fingerprint density at radius 1 is 1.57 bits per heavy atom. The van der Waals surface area contributed by atoms with Crippen LogP contribution in [0.3, 0.4) is 0 Å². The number of rotatable bonds is 5. The number of ether oxygens (including phenoxy) is 1. The molecule has 0 aromatic rings. The van der Waals surface area contributed by atoms with Crippen molar-refractivity contribution in [2.75, 3.05) is 7.11 Å². The van der Waals surface area contributed by atoms with Crippen LogP contribution in [0.1, 0.15) is 19.8 Å². The van der Waals surface area contributed by atoms with Crippen LogP contribution < -0.4 is 0 Å². The molecule has 2 atom stereocenters. The SMILES string of the molecule is COC(=O)C(C)(I)CCC(I)C(=O)O. The molecule has 0 fully saturated rings. The van der Waals surface area contributed by atoms with Crippen LogP contribution in [0.4, 0.5) is 0 Å². The predicted octanol–water partition coefficient (Wildman–Crippen LogP) is 2.02. The lowest BCUT2D eigenvalue weighted by atomic mass is 10.0. The Hall–Kier alpha value is 0.400. The lowest BCUT2D eigenvalue weighted by Gasteiger charge is -2.19. The van der Waals surface area contributed by atoms with Gasteiger partial charge in [-0.2, -0.15) is 0 Å². The molecule has 0 rings (SSSR count). The Balaban J connectivity index is 4.11. The molecule has 0 heterocycles. The number of hydrogen-bond acceptors (Lipinski definition) is 3. The second-order valence-electron chi connectivity index (χ2n) is 3.03. The Morgan fingerprint density at radius 2 is 2.07 bits per heavy atom. The molecule has 0 saturated heterocycles.